The van der Waals surface area contributed by atoms with Crippen LogP contribution in [0.25, 0.3) is 0 Å². The van der Waals surface area contributed by atoms with Crippen LogP contribution in [0, 0.1) is 5.92 Å². The average molecular weight is 279 g/mol. The summed E-state index contributed by atoms with van der Waals surface area (Å²) in [5, 5.41) is 2.89. The van der Waals surface area contributed by atoms with Gasteiger partial charge in [-0.05, 0) is 25.0 Å². The maximum Gasteiger partial charge on any atom is 0.231 e. The lowest BCUT2D eigenvalue weighted by Gasteiger charge is -2.13. The van der Waals surface area contributed by atoms with Crippen molar-refractivity contribution in [2.75, 3.05) is 19.9 Å². The summed E-state index contributed by atoms with van der Waals surface area (Å²) >= 11 is 0. The van der Waals surface area contributed by atoms with Crippen molar-refractivity contribution >= 4 is 5.91 Å². The molecule has 0 fully saturated rings. The van der Waals surface area contributed by atoms with Gasteiger partial charge in [-0.1, -0.05) is 13.8 Å². The van der Waals surface area contributed by atoms with Crippen LogP contribution >= 0.6 is 0 Å². The van der Waals surface area contributed by atoms with Crippen molar-refractivity contribution in [3.63, 3.8) is 0 Å². The summed E-state index contributed by atoms with van der Waals surface area (Å²) in [4.78, 5) is 11.8. The Kier molecular flexibility index (Phi) is 5.09. The van der Waals surface area contributed by atoms with Crippen molar-refractivity contribution < 1.29 is 19.0 Å². The van der Waals surface area contributed by atoms with Crippen LogP contribution in [-0.2, 0) is 4.79 Å². The fraction of sp³-hybridized carbons (Fsp3) is 0.533. The molecule has 1 amide bonds. The van der Waals surface area contributed by atoms with Gasteiger partial charge in [0.2, 0.25) is 12.7 Å². The molecule has 1 aliphatic rings. The number of carbonyl (C=O) groups is 1. The number of ether oxygens (including phenoxy) is 3. The van der Waals surface area contributed by atoms with E-state index in [1.54, 1.807) is 6.07 Å². The van der Waals surface area contributed by atoms with Gasteiger partial charge in [0.15, 0.2) is 11.5 Å². The molecule has 1 N–H and O–H groups in total. The molecule has 1 heterocycles. The van der Waals surface area contributed by atoms with Crippen molar-refractivity contribution in [1.82, 2.24) is 5.32 Å². The fourth-order valence-corrected chi connectivity index (χ4v) is 2.11. The topological polar surface area (TPSA) is 56.8 Å². The van der Waals surface area contributed by atoms with E-state index in [0.29, 0.717) is 24.7 Å². The van der Waals surface area contributed by atoms with Gasteiger partial charge < -0.3 is 19.5 Å². The lowest BCUT2D eigenvalue weighted by molar-refractivity contribution is -0.125. The summed E-state index contributed by atoms with van der Waals surface area (Å²) in [5.41, 5.74) is 0. The molecule has 0 unspecified atom stereocenters. The molecule has 2 rings (SSSR count). The molecule has 110 valence electrons. The first kappa shape index (κ1) is 14.5. The van der Waals surface area contributed by atoms with Gasteiger partial charge >= 0.3 is 0 Å². The Balaban J connectivity index is 1.72. The van der Waals surface area contributed by atoms with E-state index in [0.717, 1.165) is 18.6 Å². The van der Waals surface area contributed by atoms with E-state index in [9.17, 15) is 4.79 Å². The maximum atomic E-state index is 11.8. The highest BCUT2D eigenvalue weighted by molar-refractivity contribution is 5.78. The first-order valence-electron chi connectivity index (χ1n) is 7.04. The van der Waals surface area contributed by atoms with Crippen LogP contribution in [0.3, 0.4) is 0 Å². The Morgan fingerprint density at radius 3 is 2.80 bits per heavy atom. The van der Waals surface area contributed by atoms with E-state index in [2.05, 4.69) is 5.32 Å². The summed E-state index contributed by atoms with van der Waals surface area (Å²) in [6.07, 6.45) is 1.73. The number of hydrogen-bond donors (Lipinski definition) is 1. The number of nitrogens with one attached hydrogen (secondary N) is 1. The number of hydrogen-bond acceptors (Lipinski definition) is 4. The van der Waals surface area contributed by atoms with Crippen molar-refractivity contribution in [3.8, 4) is 17.2 Å². The zero-order valence-corrected chi connectivity index (χ0v) is 12.0. The monoisotopic (exact) mass is 279 g/mol. The molecule has 0 atom stereocenters. The first-order chi connectivity index (χ1) is 9.74. The highest BCUT2D eigenvalue weighted by Gasteiger charge is 2.14. The van der Waals surface area contributed by atoms with Crippen LogP contribution in [0.15, 0.2) is 18.2 Å². The molecule has 0 saturated heterocycles. The summed E-state index contributed by atoms with van der Waals surface area (Å²) in [5.74, 6) is 2.35. The third kappa shape index (κ3) is 3.56. The van der Waals surface area contributed by atoms with Gasteiger partial charge in [-0.3, -0.25) is 4.79 Å². The number of benzene rings is 1. The van der Waals surface area contributed by atoms with Crippen molar-refractivity contribution in [3.05, 3.63) is 18.2 Å². The van der Waals surface area contributed by atoms with Crippen LogP contribution in [0.1, 0.15) is 26.7 Å². The summed E-state index contributed by atoms with van der Waals surface area (Å²) in [6.45, 7) is 5.24. The standard InChI is InChI=1S/C15H21NO4/c1-3-11(4-2)15(17)16-7-8-18-12-5-6-13-14(9-12)20-10-19-13/h5-6,9,11H,3-4,7-8,10H2,1-2H3,(H,16,17). The first-order valence-corrected chi connectivity index (χ1v) is 7.04. The Bertz CT molecular complexity index is 457. The maximum absolute atomic E-state index is 11.8. The Labute approximate surface area is 119 Å². The molecule has 0 saturated carbocycles. The minimum Gasteiger partial charge on any atom is -0.492 e. The van der Waals surface area contributed by atoms with Gasteiger partial charge in [0.25, 0.3) is 0 Å². The third-order valence-corrected chi connectivity index (χ3v) is 3.37. The number of fused-ring (bicyclic) bond motifs is 1. The number of rotatable bonds is 7. The van der Waals surface area contributed by atoms with Crippen LogP contribution < -0.4 is 19.5 Å². The van der Waals surface area contributed by atoms with E-state index >= 15 is 0 Å². The highest BCUT2D eigenvalue weighted by atomic mass is 16.7. The second-order valence-electron chi connectivity index (χ2n) is 4.67. The van der Waals surface area contributed by atoms with Crippen molar-refractivity contribution in [1.29, 1.82) is 0 Å². The summed E-state index contributed by atoms with van der Waals surface area (Å²) in [6, 6.07) is 5.45. The van der Waals surface area contributed by atoms with Crippen molar-refractivity contribution in [2.24, 2.45) is 5.92 Å². The van der Waals surface area contributed by atoms with Gasteiger partial charge in [0.1, 0.15) is 12.4 Å². The molecule has 0 aromatic heterocycles. The number of amides is 1. The van der Waals surface area contributed by atoms with E-state index < -0.39 is 0 Å². The lowest BCUT2D eigenvalue weighted by atomic mass is 10.0. The normalized spacial score (nSPS) is 12.6. The van der Waals surface area contributed by atoms with Crippen LogP contribution in [0.2, 0.25) is 0 Å². The largest absolute Gasteiger partial charge is 0.492 e. The predicted molar refractivity (Wildman–Crippen MR) is 75.1 cm³/mol. The third-order valence-electron chi connectivity index (χ3n) is 3.37. The molecular formula is C15H21NO4. The Hall–Kier alpha value is -1.91. The number of carbonyl (C=O) groups excluding carboxylic acids is 1. The predicted octanol–water partition coefficient (Wildman–Crippen LogP) is 2.35. The fourth-order valence-electron chi connectivity index (χ4n) is 2.11. The second kappa shape index (κ2) is 7.03. The molecule has 5 nitrogen and oxygen atoms in total. The molecular weight excluding hydrogens is 258 g/mol. The lowest BCUT2D eigenvalue weighted by Crippen LogP contribution is -2.33. The molecule has 0 bridgehead atoms. The molecule has 0 aliphatic carbocycles. The van der Waals surface area contributed by atoms with Crippen LogP contribution in [-0.4, -0.2) is 25.9 Å². The van der Waals surface area contributed by atoms with Gasteiger partial charge in [-0.2, -0.15) is 0 Å². The van der Waals surface area contributed by atoms with Gasteiger partial charge in [-0.25, -0.2) is 0 Å². The summed E-state index contributed by atoms with van der Waals surface area (Å²) in [7, 11) is 0. The van der Waals surface area contributed by atoms with Crippen molar-refractivity contribution in [2.45, 2.75) is 26.7 Å². The molecule has 0 spiro atoms. The second-order valence-corrected chi connectivity index (χ2v) is 4.67. The van der Waals surface area contributed by atoms with E-state index in [4.69, 9.17) is 14.2 Å². The molecule has 20 heavy (non-hydrogen) atoms. The van der Waals surface area contributed by atoms with Gasteiger partial charge in [-0.15, -0.1) is 0 Å². The molecule has 0 radical (unpaired) electrons. The minimum absolute atomic E-state index is 0.0977. The zero-order valence-electron chi connectivity index (χ0n) is 12.0. The molecule has 1 aromatic rings. The molecule has 1 aromatic carbocycles. The summed E-state index contributed by atoms with van der Waals surface area (Å²) < 4.78 is 16.1. The Morgan fingerprint density at radius 1 is 1.30 bits per heavy atom. The SMILES string of the molecule is CCC(CC)C(=O)NCCOc1ccc2c(c1)OCO2. The zero-order chi connectivity index (χ0) is 14.4. The van der Waals surface area contributed by atoms with Gasteiger partial charge in [0.05, 0.1) is 6.54 Å². The highest BCUT2D eigenvalue weighted by Crippen LogP contribution is 2.34. The average Bonchev–Trinajstić information content (AvgIpc) is 2.92. The van der Waals surface area contributed by atoms with E-state index in [-0.39, 0.29) is 18.6 Å². The molecule has 1 aliphatic heterocycles. The minimum atomic E-state index is 0.0977. The van der Waals surface area contributed by atoms with Crippen LogP contribution in [0.5, 0.6) is 17.2 Å². The smallest absolute Gasteiger partial charge is 0.231 e. The van der Waals surface area contributed by atoms with E-state index in [1.165, 1.54) is 0 Å². The Morgan fingerprint density at radius 2 is 2.05 bits per heavy atom. The van der Waals surface area contributed by atoms with Crippen LogP contribution in [0.4, 0.5) is 0 Å². The van der Waals surface area contributed by atoms with Gasteiger partial charge in [0, 0.05) is 12.0 Å². The molecule has 5 heteroatoms. The van der Waals surface area contributed by atoms with E-state index in [1.807, 2.05) is 26.0 Å². The quantitative estimate of drug-likeness (QED) is 0.778.